The van der Waals surface area contributed by atoms with Crippen LogP contribution in [0.1, 0.15) is 46.1 Å². The Morgan fingerprint density at radius 1 is 1.17 bits per heavy atom. The van der Waals surface area contributed by atoms with E-state index in [-0.39, 0.29) is 16.8 Å². The summed E-state index contributed by atoms with van der Waals surface area (Å²) in [6, 6.07) is 13.2. The Kier molecular flexibility index (Phi) is 5.08. The number of halogens is 4. The van der Waals surface area contributed by atoms with Crippen LogP contribution in [0.2, 0.25) is 5.02 Å². The number of fused-ring (bicyclic) bond motifs is 1. The van der Waals surface area contributed by atoms with Crippen LogP contribution < -0.4 is 5.32 Å². The number of nitrogens with one attached hydrogen (secondary N) is 1. The molecule has 0 radical (unpaired) electrons. The number of carbonyl (C=O) groups excluding carboxylic acids is 1. The van der Waals surface area contributed by atoms with E-state index in [9.17, 15) is 18.0 Å². The highest BCUT2D eigenvalue weighted by Crippen LogP contribution is 2.35. The van der Waals surface area contributed by atoms with Crippen molar-refractivity contribution in [3.05, 3.63) is 82.1 Å². The predicted molar refractivity (Wildman–Crippen MR) is 103 cm³/mol. The third-order valence-corrected chi connectivity index (χ3v) is 5.24. The fraction of sp³-hybridized carbons (Fsp3) is 0.238. The lowest BCUT2D eigenvalue weighted by Gasteiger charge is -2.26. The van der Waals surface area contributed by atoms with Gasteiger partial charge in [0.15, 0.2) is 5.69 Å². The van der Waals surface area contributed by atoms with Crippen LogP contribution >= 0.6 is 11.6 Å². The van der Waals surface area contributed by atoms with E-state index in [2.05, 4.69) is 10.4 Å². The monoisotopic (exact) mass is 419 g/mol. The van der Waals surface area contributed by atoms with E-state index >= 15 is 0 Å². The molecule has 0 spiro atoms. The van der Waals surface area contributed by atoms with Crippen molar-refractivity contribution in [2.45, 2.75) is 31.5 Å². The van der Waals surface area contributed by atoms with Gasteiger partial charge in [-0.1, -0.05) is 41.9 Å². The molecular weight excluding hydrogens is 403 g/mol. The number of aromatic nitrogens is 2. The number of carbonyl (C=O) groups is 1. The summed E-state index contributed by atoms with van der Waals surface area (Å²) in [6.45, 7) is 0. The van der Waals surface area contributed by atoms with E-state index in [0.717, 1.165) is 30.2 Å². The van der Waals surface area contributed by atoms with Gasteiger partial charge in [0.25, 0.3) is 5.91 Å². The van der Waals surface area contributed by atoms with Gasteiger partial charge in [0.2, 0.25) is 0 Å². The molecule has 1 aliphatic rings. The zero-order valence-corrected chi connectivity index (χ0v) is 16.0. The minimum atomic E-state index is -4.77. The molecule has 0 bridgehead atoms. The van der Waals surface area contributed by atoms with Crippen molar-refractivity contribution >= 4 is 17.5 Å². The third kappa shape index (κ3) is 3.87. The van der Waals surface area contributed by atoms with Crippen LogP contribution in [0, 0.1) is 0 Å². The number of benzene rings is 2. The number of alkyl halides is 3. The van der Waals surface area contributed by atoms with Crippen molar-refractivity contribution in [1.29, 1.82) is 0 Å². The molecule has 1 aliphatic carbocycles. The quantitative estimate of drug-likeness (QED) is 0.622. The van der Waals surface area contributed by atoms with Crippen molar-refractivity contribution in [1.82, 2.24) is 15.1 Å². The van der Waals surface area contributed by atoms with Crippen LogP contribution in [0.4, 0.5) is 13.2 Å². The van der Waals surface area contributed by atoms with E-state index in [4.69, 9.17) is 11.6 Å². The summed E-state index contributed by atoms with van der Waals surface area (Å²) in [6.07, 6.45) is -1.39. The van der Waals surface area contributed by atoms with Crippen molar-refractivity contribution in [3.63, 3.8) is 0 Å². The SMILES string of the molecule is O=C(NC1CCCc2ccccc21)c1cnn(-c2cccc(Cl)c2)c1C(F)(F)F. The van der Waals surface area contributed by atoms with Gasteiger partial charge in [0.05, 0.1) is 23.5 Å². The molecule has 1 N–H and O–H groups in total. The molecule has 2 aromatic carbocycles. The second-order valence-corrected chi connectivity index (χ2v) is 7.35. The molecule has 0 saturated heterocycles. The van der Waals surface area contributed by atoms with Crippen molar-refractivity contribution < 1.29 is 18.0 Å². The maximum atomic E-state index is 13.8. The third-order valence-electron chi connectivity index (χ3n) is 5.01. The Labute approximate surface area is 170 Å². The number of amides is 1. The van der Waals surface area contributed by atoms with Crippen molar-refractivity contribution in [2.24, 2.45) is 0 Å². The van der Waals surface area contributed by atoms with Gasteiger partial charge in [-0.25, -0.2) is 4.68 Å². The first-order chi connectivity index (χ1) is 13.8. The molecule has 150 valence electrons. The Hall–Kier alpha value is -2.80. The molecule has 4 rings (SSSR count). The second kappa shape index (κ2) is 7.55. The van der Waals surface area contributed by atoms with Gasteiger partial charge < -0.3 is 5.32 Å². The maximum absolute atomic E-state index is 13.8. The molecule has 4 nitrogen and oxygen atoms in total. The summed E-state index contributed by atoms with van der Waals surface area (Å²) >= 11 is 5.91. The number of rotatable bonds is 3. The molecule has 1 aromatic heterocycles. The first-order valence-corrected chi connectivity index (χ1v) is 9.52. The molecule has 0 saturated carbocycles. The molecule has 1 unspecified atom stereocenters. The van der Waals surface area contributed by atoms with E-state index in [1.54, 1.807) is 6.07 Å². The lowest BCUT2D eigenvalue weighted by atomic mass is 9.87. The largest absolute Gasteiger partial charge is 0.434 e. The van der Waals surface area contributed by atoms with E-state index in [1.165, 1.54) is 18.2 Å². The minimum Gasteiger partial charge on any atom is -0.345 e. The standard InChI is InChI=1S/C21H17ClF3N3O/c22-14-7-4-8-15(11-14)28-19(21(23,24)25)17(12-26-28)20(29)27-18-10-3-6-13-5-1-2-9-16(13)18/h1-2,4-5,7-9,11-12,18H,3,6,10H2,(H,27,29). The summed E-state index contributed by atoms with van der Waals surface area (Å²) in [4.78, 5) is 12.8. The van der Waals surface area contributed by atoms with Crippen molar-refractivity contribution in [3.8, 4) is 5.69 Å². The fourth-order valence-electron chi connectivity index (χ4n) is 3.73. The summed E-state index contributed by atoms with van der Waals surface area (Å²) < 4.78 is 42.2. The second-order valence-electron chi connectivity index (χ2n) is 6.91. The zero-order chi connectivity index (χ0) is 20.6. The molecule has 29 heavy (non-hydrogen) atoms. The van der Waals surface area contributed by atoms with E-state index < -0.39 is 23.3 Å². The summed E-state index contributed by atoms with van der Waals surface area (Å²) in [5, 5.41) is 6.87. The smallest absolute Gasteiger partial charge is 0.345 e. The molecule has 1 amide bonds. The maximum Gasteiger partial charge on any atom is 0.434 e. The minimum absolute atomic E-state index is 0.131. The average Bonchev–Trinajstić information content (AvgIpc) is 3.14. The first kappa shape index (κ1) is 19.5. The average molecular weight is 420 g/mol. The Morgan fingerprint density at radius 2 is 1.97 bits per heavy atom. The van der Waals surface area contributed by atoms with Gasteiger partial charge in [-0.15, -0.1) is 0 Å². The molecule has 8 heteroatoms. The normalized spacial score (nSPS) is 16.3. The lowest BCUT2D eigenvalue weighted by Crippen LogP contribution is -2.32. The topological polar surface area (TPSA) is 46.9 Å². The molecule has 1 heterocycles. The number of hydrogen-bond donors (Lipinski definition) is 1. The number of nitrogens with zero attached hydrogens (tertiary/aromatic N) is 2. The van der Waals surface area contributed by atoms with Gasteiger partial charge in [-0.2, -0.15) is 18.3 Å². The van der Waals surface area contributed by atoms with Crippen LogP contribution in [0.15, 0.2) is 54.7 Å². The predicted octanol–water partition coefficient (Wildman–Crippen LogP) is 5.35. The fourth-order valence-corrected chi connectivity index (χ4v) is 3.92. The molecule has 1 atom stereocenters. The highest BCUT2D eigenvalue weighted by molar-refractivity contribution is 6.30. The Bertz CT molecular complexity index is 1060. The molecule has 0 fully saturated rings. The summed E-state index contributed by atoms with van der Waals surface area (Å²) in [7, 11) is 0. The van der Waals surface area contributed by atoms with Gasteiger partial charge in [0, 0.05) is 5.02 Å². The number of aryl methyl sites for hydroxylation is 1. The first-order valence-electron chi connectivity index (χ1n) is 9.14. The Balaban J connectivity index is 1.70. The highest BCUT2D eigenvalue weighted by atomic mass is 35.5. The van der Waals surface area contributed by atoms with Crippen LogP contribution in [0.25, 0.3) is 5.69 Å². The van der Waals surface area contributed by atoms with E-state index in [1.807, 2.05) is 24.3 Å². The van der Waals surface area contributed by atoms with Gasteiger partial charge in [0.1, 0.15) is 0 Å². The summed E-state index contributed by atoms with van der Waals surface area (Å²) in [5.74, 6) is -0.799. The Morgan fingerprint density at radius 3 is 2.72 bits per heavy atom. The number of hydrogen-bond acceptors (Lipinski definition) is 2. The molecule has 0 aliphatic heterocycles. The van der Waals surface area contributed by atoms with Crippen molar-refractivity contribution in [2.75, 3.05) is 0 Å². The van der Waals surface area contributed by atoms with Gasteiger partial charge in [-0.3, -0.25) is 4.79 Å². The van der Waals surface area contributed by atoms with Crippen LogP contribution in [-0.2, 0) is 12.6 Å². The van der Waals surface area contributed by atoms with E-state index in [0.29, 0.717) is 11.1 Å². The molecular formula is C21H17ClF3N3O. The van der Waals surface area contributed by atoms with Gasteiger partial charge >= 0.3 is 6.18 Å². The zero-order valence-electron chi connectivity index (χ0n) is 15.2. The lowest BCUT2D eigenvalue weighted by molar-refractivity contribution is -0.143. The van der Waals surface area contributed by atoms with Crippen LogP contribution in [-0.4, -0.2) is 15.7 Å². The summed E-state index contributed by atoms with van der Waals surface area (Å²) in [5.41, 5.74) is 0.548. The van der Waals surface area contributed by atoms with Crippen LogP contribution in [0.5, 0.6) is 0 Å². The van der Waals surface area contributed by atoms with Gasteiger partial charge in [-0.05, 0) is 48.6 Å². The highest BCUT2D eigenvalue weighted by Gasteiger charge is 2.41. The van der Waals surface area contributed by atoms with Crippen LogP contribution in [0.3, 0.4) is 0 Å². The molecule has 3 aromatic rings.